The van der Waals surface area contributed by atoms with E-state index in [1.807, 2.05) is 49.4 Å². The SMILES string of the molecule is CCN(CC)c1ccc([C@H]2c3sc(=O)n(CC(=O)Nc4cccc(C)c4)c3SC3C(=O)N(c4ccc([N+](=O)[O-])cc4)C(=O)C32)cc1. The molecule has 2 aliphatic rings. The molecular formula is C33H31N5O6S2. The van der Waals surface area contributed by atoms with Gasteiger partial charge in [0.2, 0.25) is 17.7 Å². The van der Waals surface area contributed by atoms with Crippen molar-refractivity contribution in [3.63, 3.8) is 0 Å². The smallest absolute Gasteiger partial charge is 0.308 e. The van der Waals surface area contributed by atoms with Gasteiger partial charge in [0.05, 0.1) is 21.6 Å². The van der Waals surface area contributed by atoms with Crippen LogP contribution in [0, 0.1) is 23.0 Å². The summed E-state index contributed by atoms with van der Waals surface area (Å²) in [7, 11) is 0. The number of aryl methyl sites for hydroxylation is 1. The molecule has 6 rings (SSSR count). The van der Waals surface area contributed by atoms with Gasteiger partial charge in [0.15, 0.2) is 0 Å². The maximum Gasteiger partial charge on any atom is 0.308 e. The molecule has 3 amide bonds. The summed E-state index contributed by atoms with van der Waals surface area (Å²) in [4.78, 5) is 68.9. The Morgan fingerprint density at radius 2 is 1.67 bits per heavy atom. The van der Waals surface area contributed by atoms with Crippen LogP contribution in [0.1, 0.15) is 35.8 Å². The number of amides is 3. The molecule has 2 aliphatic heterocycles. The molecule has 3 heterocycles. The van der Waals surface area contributed by atoms with Crippen molar-refractivity contribution in [1.29, 1.82) is 0 Å². The lowest BCUT2D eigenvalue weighted by Crippen LogP contribution is -2.33. The lowest BCUT2D eigenvalue weighted by molar-refractivity contribution is -0.384. The zero-order chi connectivity index (χ0) is 32.7. The normalized spacial score (nSPS) is 18.7. The van der Waals surface area contributed by atoms with Gasteiger partial charge in [-0.25, -0.2) is 4.90 Å². The zero-order valence-corrected chi connectivity index (χ0v) is 27.0. The van der Waals surface area contributed by atoms with Crippen LogP contribution in [0.15, 0.2) is 82.6 Å². The van der Waals surface area contributed by atoms with Gasteiger partial charge in [0.1, 0.15) is 11.8 Å². The van der Waals surface area contributed by atoms with Crippen LogP contribution in [-0.4, -0.2) is 45.6 Å². The Morgan fingerprint density at radius 1 is 0.978 bits per heavy atom. The number of fused-ring (bicyclic) bond motifs is 2. The number of benzene rings is 3. The molecule has 0 bridgehead atoms. The number of carbonyl (C=O) groups excluding carboxylic acids is 3. The molecule has 3 aromatic carbocycles. The van der Waals surface area contributed by atoms with Gasteiger partial charge in [0, 0.05) is 47.4 Å². The Balaban J connectivity index is 1.41. The number of anilines is 3. The Morgan fingerprint density at radius 3 is 2.30 bits per heavy atom. The minimum absolute atomic E-state index is 0.157. The Hall–Kier alpha value is -4.75. The van der Waals surface area contributed by atoms with E-state index in [1.54, 1.807) is 6.07 Å². The topological polar surface area (TPSA) is 135 Å². The molecule has 4 aromatic rings. The molecule has 0 spiro atoms. The maximum atomic E-state index is 14.1. The number of nitrogens with one attached hydrogen (secondary N) is 1. The lowest BCUT2D eigenvalue weighted by atomic mass is 9.83. The summed E-state index contributed by atoms with van der Waals surface area (Å²) in [5.74, 6) is -2.75. The average Bonchev–Trinajstić information content (AvgIpc) is 3.48. The van der Waals surface area contributed by atoms with Crippen LogP contribution in [-0.2, 0) is 20.9 Å². The largest absolute Gasteiger partial charge is 0.372 e. The standard InChI is InChI=1S/C33H31N5O6S2/c1-4-35(5-2)22-11-9-20(10-12-22)26-27-28(31(41)37(30(27)40)23-13-15-24(16-14-23)38(43)44)45-32-29(26)46-33(42)36(32)18-25(39)34-21-8-6-7-19(3)17-21/h6-17,26-28H,4-5,18H2,1-3H3,(H,34,39)/t26-,27?,28?/m1/s1. The van der Waals surface area contributed by atoms with E-state index in [9.17, 15) is 29.3 Å². The number of nitrogens with zero attached hydrogens (tertiary/aromatic N) is 4. The molecule has 0 aliphatic carbocycles. The summed E-state index contributed by atoms with van der Waals surface area (Å²) in [5.41, 5.74) is 3.45. The van der Waals surface area contributed by atoms with Crippen LogP contribution in [0.25, 0.3) is 0 Å². The predicted octanol–water partition coefficient (Wildman–Crippen LogP) is 5.41. The Bertz CT molecular complexity index is 1900. The number of nitro groups is 1. The van der Waals surface area contributed by atoms with E-state index in [1.165, 1.54) is 28.8 Å². The van der Waals surface area contributed by atoms with Crippen LogP contribution in [0.4, 0.5) is 22.7 Å². The molecule has 11 nitrogen and oxygen atoms in total. The third kappa shape index (κ3) is 5.60. The fraction of sp³-hybridized carbons (Fsp3) is 0.273. The molecule has 1 fully saturated rings. The number of thiazole rings is 1. The number of hydrogen-bond donors (Lipinski definition) is 1. The fourth-order valence-corrected chi connectivity index (χ4v) is 8.91. The summed E-state index contributed by atoms with van der Waals surface area (Å²) in [6.07, 6.45) is 0. The first-order valence-electron chi connectivity index (χ1n) is 14.8. The highest BCUT2D eigenvalue weighted by atomic mass is 32.2. The average molecular weight is 658 g/mol. The van der Waals surface area contributed by atoms with Gasteiger partial charge < -0.3 is 10.2 Å². The lowest BCUT2D eigenvalue weighted by Gasteiger charge is -2.31. The quantitative estimate of drug-likeness (QED) is 0.144. The van der Waals surface area contributed by atoms with Crippen molar-refractivity contribution < 1.29 is 19.3 Å². The Kier molecular flexibility index (Phi) is 8.53. The highest BCUT2D eigenvalue weighted by Crippen LogP contribution is 2.54. The first-order chi connectivity index (χ1) is 22.1. The van der Waals surface area contributed by atoms with Crippen LogP contribution in [0.5, 0.6) is 0 Å². The molecule has 1 aromatic heterocycles. The van der Waals surface area contributed by atoms with Gasteiger partial charge in [-0.2, -0.15) is 0 Å². The summed E-state index contributed by atoms with van der Waals surface area (Å²) < 4.78 is 1.38. The van der Waals surface area contributed by atoms with Crippen LogP contribution < -0.4 is 20.0 Å². The molecule has 46 heavy (non-hydrogen) atoms. The Labute approximate surface area is 273 Å². The number of imide groups is 1. The van der Waals surface area contributed by atoms with E-state index in [4.69, 9.17) is 0 Å². The summed E-state index contributed by atoms with van der Waals surface area (Å²) in [5, 5.41) is 13.7. The van der Waals surface area contributed by atoms with Crippen molar-refractivity contribution >= 4 is 63.6 Å². The van der Waals surface area contributed by atoms with Crippen molar-refractivity contribution in [2.75, 3.05) is 28.2 Å². The van der Waals surface area contributed by atoms with Gasteiger partial charge in [0.25, 0.3) is 5.69 Å². The van der Waals surface area contributed by atoms with Gasteiger partial charge in [-0.05, 0) is 68.3 Å². The van der Waals surface area contributed by atoms with Gasteiger partial charge >= 0.3 is 4.87 Å². The minimum Gasteiger partial charge on any atom is -0.372 e. The highest BCUT2D eigenvalue weighted by molar-refractivity contribution is 8.00. The molecule has 13 heteroatoms. The fourth-order valence-electron chi connectivity index (χ4n) is 6.14. The van der Waals surface area contributed by atoms with E-state index in [0.29, 0.717) is 15.6 Å². The van der Waals surface area contributed by atoms with Crippen molar-refractivity contribution in [1.82, 2.24) is 4.57 Å². The number of thioether (sulfide) groups is 1. The van der Waals surface area contributed by atoms with Crippen molar-refractivity contribution in [3.8, 4) is 0 Å². The number of hydrogen-bond acceptors (Lipinski definition) is 9. The second kappa shape index (κ2) is 12.6. The van der Waals surface area contributed by atoms with E-state index >= 15 is 0 Å². The van der Waals surface area contributed by atoms with Crippen molar-refractivity contribution in [2.24, 2.45) is 5.92 Å². The third-order valence-electron chi connectivity index (χ3n) is 8.35. The second-order valence-electron chi connectivity index (χ2n) is 11.1. The van der Waals surface area contributed by atoms with Gasteiger partial charge in [-0.3, -0.25) is 33.9 Å². The number of rotatable bonds is 9. The summed E-state index contributed by atoms with van der Waals surface area (Å²) >= 11 is 2.11. The second-order valence-corrected chi connectivity index (χ2v) is 13.3. The summed E-state index contributed by atoms with van der Waals surface area (Å²) in [6, 6.07) is 20.5. The molecule has 236 valence electrons. The van der Waals surface area contributed by atoms with Gasteiger partial charge in [-0.1, -0.05) is 47.4 Å². The van der Waals surface area contributed by atoms with Crippen molar-refractivity contribution in [3.05, 3.63) is 109 Å². The number of carbonyl (C=O) groups is 3. The number of non-ortho nitro benzene ring substituents is 1. The van der Waals surface area contributed by atoms with Crippen molar-refractivity contribution in [2.45, 2.75) is 43.5 Å². The maximum absolute atomic E-state index is 14.1. The van der Waals surface area contributed by atoms with Crippen LogP contribution in [0.2, 0.25) is 0 Å². The predicted molar refractivity (Wildman–Crippen MR) is 179 cm³/mol. The molecular weight excluding hydrogens is 627 g/mol. The number of nitro benzene ring substituents is 1. The zero-order valence-electron chi connectivity index (χ0n) is 25.3. The van der Waals surface area contributed by atoms with E-state index in [-0.39, 0.29) is 22.8 Å². The van der Waals surface area contributed by atoms with E-state index in [0.717, 1.165) is 57.9 Å². The molecule has 2 unspecified atom stereocenters. The van der Waals surface area contributed by atoms with Crippen LogP contribution >= 0.6 is 23.1 Å². The van der Waals surface area contributed by atoms with Crippen LogP contribution in [0.3, 0.4) is 0 Å². The third-order valence-corrected chi connectivity index (χ3v) is 11.0. The molecule has 1 saturated heterocycles. The highest BCUT2D eigenvalue weighted by Gasteiger charge is 2.56. The first-order valence-corrected chi connectivity index (χ1v) is 16.5. The summed E-state index contributed by atoms with van der Waals surface area (Å²) in [6.45, 7) is 7.42. The van der Waals surface area contributed by atoms with E-state index in [2.05, 4.69) is 24.1 Å². The molecule has 0 saturated carbocycles. The monoisotopic (exact) mass is 657 g/mol. The molecule has 1 N–H and O–H groups in total. The van der Waals surface area contributed by atoms with Gasteiger partial charge in [-0.15, -0.1) is 0 Å². The minimum atomic E-state index is -0.872. The van der Waals surface area contributed by atoms with E-state index < -0.39 is 39.7 Å². The molecule has 3 atom stereocenters. The number of aromatic nitrogens is 1. The molecule has 0 radical (unpaired) electrons. The first kappa shape index (κ1) is 31.2.